The molecule has 4 rings (SSSR count). The highest BCUT2D eigenvalue weighted by Gasteiger charge is 2.64. The van der Waals surface area contributed by atoms with Gasteiger partial charge in [-0.2, -0.15) is 5.10 Å². The number of nitro benzene ring substituents is 1. The number of fused-ring (bicyclic) bond motifs is 1. The van der Waals surface area contributed by atoms with Crippen molar-refractivity contribution in [2.24, 2.45) is 22.4 Å². The molecule has 0 spiro atoms. The molecule has 2 aromatic rings. The molecule has 2 aliphatic rings. The van der Waals surface area contributed by atoms with Crippen LogP contribution in [-0.2, 0) is 4.79 Å². The van der Waals surface area contributed by atoms with Gasteiger partial charge in [0.25, 0.3) is 5.69 Å². The van der Waals surface area contributed by atoms with Crippen LogP contribution in [0.2, 0.25) is 0 Å². The summed E-state index contributed by atoms with van der Waals surface area (Å²) in [7, 11) is 0. The molecule has 1 N–H and O–H groups in total. The highest BCUT2D eigenvalue weighted by Crippen LogP contribution is 2.66. The fourth-order valence-corrected chi connectivity index (χ4v) is 4.86. The van der Waals surface area contributed by atoms with Gasteiger partial charge in [0.2, 0.25) is 5.91 Å². The molecule has 146 valence electrons. The molecule has 3 atom stereocenters. The van der Waals surface area contributed by atoms with Gasteiger partial charge in [-0.05, 0) is 48.4 Å². The maximum absolute atomic E-state index is 12.4. The van der Waals surface area contributed by atoms with Gasteiger partial charge in [0.15, 0.2) is 0 Å². The van der Waals surface area contributed by atoms with Gasteiger partial charge < -0.3 is 4.42 Å². The van der Waals surface area contributed by atoms with Gasteiger partial charge in [0, 0.05) is 16.5 Å². The monoisotopic (exact) mass is 445 g/mol. The van der Waals surface area contributed by atoms with Gasteiger partial charge in [0.05, 0.1) is 16.7 Å². The third kappa shape index (κ3) is 3.37. The van der Waals surface area contributed by atoms with E-state index in [4.69, 9.17) is 4.42 Å². The smallest absolute Gasteiger partial charge is 0.281 e. The topological polar surface area (TPSA) is 97.7 Å². The van der Waals surface area contributed by atoms with E-state index in [1.54, 1.807) is 24.3 Å². The summed E-state index contributed by atoms with van der Waals surface area (Å²) in [5.41, 5.74) is 3.08. The van der Waals surface area contributed by atoms with Crippen LogP contribution in [-0.4, -0.2) is 17.0 Å². The molecule has 2 aliphatic carbocycles. The van der Waals surface area contributed by atoms with Crippen molar-refractivity contribution in [3.63, 3.8) is 0 Å². The highest BCUT2D eigenvalue weighted by atomic mass is 79.9. The maximum Gasteiger partial charge on any atom is 0.281 e. The molecule has 2 saturated carbocycles. The first-order valence-corrected chi connectivity index (χ1v) is 10.1. The van der Waals surface area contributed by atoms with Gasteiger partial charge in [-0.1, -0.05) is 35.7 Å². The van der Waals surface area contributed by atoms with Crippen LogP contribution in [0, 0.1) is 27.4 Å². The van der Waals surface area contributed by atoms with Crippen LogP contribution in [0.4, 0.5) is 5.69 Å². The molecular weight excluding hydrogens is 426 g/mol. The SMILES string of the molecule is CC12CCCCC1C2C(=O)N/N=C/c1ccc(-c2ccc(Br)cc2[N+](=O)[O-])o1. The summed E-state index contributed by atoms with van der Waals surface area (Å²) in [6.07, 6.45) is 6.03. The molecule has 2 fully saturated rings. The number of furan rings is 1. The molecular formula is C20H20BrN3O4. The second kappa shape index (κ2) is 7.16. The predicted octanol–water partition coefficient (Wildman–Crippen LogP) is 4.89. The van der Waals surface area contributed by atoms with E-state index in [2.05, 4.69) is 33.4 Å². The molecule has 0 bridgehead atoms. The molecule has 1 heterocycles. The van der Waals surface area contributed by atoms with E-state index in [1.807, 2.05) is 0 Å². The van der Waals surface area contributed by atoms with E-state index in [0.717, 1.165) is 12.8 Å². The Kier molecular flexibility index (Phi) is 4.82. The zero-order valence-corrected chi connectivity index (χ0v) is 16.9. The number of hydrazone groups is 1. The molecule has 1 aromatic carbocycles. The van der Waals surface area contributed by atoms with E-state index in [9.17, 15) is 14.9 Å². The number of hydrogen-bond donors (Lipinski definition) is 1. The van der Waals surface area contributed by atoms with Crippen molar-refractivity contribution >= 4 is 33.7 Å². The summed E-state index contributed by atoms with van der Waals surface area (Å²) in [4.78, 5) is 23.2. The Morgan fingerprint density at radius 1 is 1.39 bits per heavy atom. The van der Waals surface area contributed by atoms with Crippen molar-refractivity contribution in [1.29, 1.82) is 0 Å². The summed E-state index contributed by atoms with van der Waals surface area (Å²) < 4.78 is 6.27. The molecule has 8 heteroatoms. The summed E-state index contributed by atoms with van der Waals surface area (Å²) in [5.74, 6) is 1.26. The van der Waals surface area contributed by atoms with Crippen molar-refractivity contribution in [3.8, 4) is 11.3 Å². The Labute approximate surface area is 170 Å². The minimum absolute atomic E-state index is 0.0408. The minimum atomic E-state index is -0.452. The van der Waals surface area contributed by atoms with Crippen molar-refractivity contribution in [3.05, 3.63) is 50.7 Å². The van der Waals surface area contributed by atoms with Crippen LogP contribution in [0.3, 0.4) is 0 Å². The summed E-state index contributed by atoms with van der Waals surface area (Å²) >= 11 is 3.24. The lowest BCUT2D eigenvalue weighted by molar-refractivity contribution is -0.384. The Bertz CT molecular complexity index is 970. The molecule has 28 heavy (non-hydrogen) atoms. The van der Waals surface area contributed by atoms with Crippen LogP contribution in [0.15, 0.2) is 44.3 Å². The summed E-state index contributed by atoms with van der Waals surface area (Å²) in [6.45, 7) is 2.19. The van der Waals surface area contributed by atoms with Crippen LogP contribution < -0.4 is 5.43 Å². The maximum atomic E-state index is 12.4. The first-order valence-electron chi connectivity index (χ1n) is 9.27. The molecule has 0 saturated heterocycles. The van der Waals surface area contributed by atoms with Gasteiger partial charge in [-0.3, -0.25) is 14.9 Å². The molecule has 0 radical (unpaired) electrons. The van der Waals surface area contributed by atoms with Crippen molar-refractivity contribution in [2.75, 3.05) is 0 Å². The number of halogens is 1. The molecule has 0 aliphatic heterocycles. The Morgan fingerprint density at radius 2 is 2.21 bits per heavy atom. The number of carbonyl (C=O) groups is 1. The number of amides is 1. The number of benzene rings is 1. The summed E-state index contributed by atoms with van der Waals surface area (Å²) in [5, 5.41) is 15.3. The number of rotatable bonds is 5. The van der Waals surface area contributed by atoms with Crippen molar-refractivity contribution in [2.45, 2.75) is 32.6 Å². The lowest BCUT2D eigenvalue weighted by Gasteiger charge is -2.15. The lowest BCUT2D eigenvalue weighted by atomic mass is 9.90. The van der Waals surface area contributed by atoms with E-state index < -0.39 is 4.92 Å². The predicted molar refractivity (Wildman–Crippen MR) is 108 cm³/mol. The quantitative estimate of drug-likeness (QED) is 0.402. The fraction of sp³-hybridized carbons (Fsp3) is 0.400. The van der Waals surface area contributed by atoms with Crippen LogP contribution in [0.5, 0.6) is 0 Å². The minimum Gasteiger partial charge on any atom is -0.455 e. The molecule has 7 nitrogen and oxygen atoms in total. The van der Waals surface area contributed by atoms with E-state index in [1.165, 1.54) is 25.1 Å². The zero-order chi connectivity index (χ0) is 19.9. The van der Waals surface area contributed by atoms with Crippen LogP contribution in [0.1, 0.15) is 38.4 Å². The Hall–Kier alpha value is -2.48. The average Bonchev–Trinajstić information content (AvgIpc) is 3.02. The van der Waals surface area contributed by atoms with Gasteiger partial charge in [-0.15, -0.1) is 0 Å². The number of nitrogens with zero attached hydrogens (tertiary/aromatic N) is 2. The number of carbonyl (C=O) groups excluding carboxylic acids is 1. The lowest BCUT2D eigenvalue weighted by Crippen LogP contribution is -2.22. The van der Waals surface area contributed by atoms with E-state index in [-0.39, 0.29) is 22.9 Å². The first kappa shape index (κ1) is 18.9. The molecule has 3 unspecified atom stereocenters. The normalized spacial score (nSPS) is 26.1. The van der Waals surface area contributed by atoms with Gasteiger partial charge in [0.1, 0.15) is 11.5 Å². The van der Waals surface area contributed by atoms with Crippen molar-refractivity contribution in [1.82, 2.24) is 5.43 Å². The average molecular weight is 446 g/mol. The Balaban J connectivity index is 1.43. The highest BCUT2D eigenvalue weighted by molar-refractivity contribution is 9.10. The molecule has 1 amide bonds. The third-order valence-corrected chi connectivity index (χ3v) is 6.52. The number of nitrogens with one attached hydrogen (secondary N) is 1. The third-order valence-electron chi connectivity index (χ3n) is 6.03. The number of hydrogen-bond acceptors (Lipinski definition) is 5. The summed E-state index contributed by atoms with van der Waals surface area (Å²) in [6, 6.07) is 8.08. The van der Waals surface area contributed by atoms with Crippen molar-refractivity contribution < 1.29 is 14.1 Å². The van der Waals surface area contributed by atoms with Crippen LogP contribution >= 0.6 is 15.9 Å². The van der Waals surface area contributed by atoms with E-state index in [0.29, 0.717) is 27.5 Å². The largest absolute Gasteiger partial charge is 0.455 e. The first-order chi connectivity index (χ1) is 13.4. The second-order valence-electron chi connectivity index (χ2n) is 7.69. The standard InChI is InChI=1S/C20H20BrN3O4/c1-20-9-3-2-4-15(20)18(20)19(25)23-22-11-13-6-8-17(28-13)14-7-5-12(21)10-16(14)24(26)27/h5-8,10-11,15,18H,2-4,9H2,1H3,(H,23,25)/b22-11+. The van der Waals surface area contributed by atoms with Crippen LogP contribution in [0.25, 0.3) is 11.3 Å². The van der Waals surface area contributed by atoms with Gasteiger partial charge >= 0.3 is 0 Å². The Morgan fingerprint density at radius 3 is 2.93 bits per heavy atom. The van der Waals surface area contributed by atoms with Gasteiger partial charge in [-0.25, -0.2) is 5.43 Å². The second-order valence-corrected chi connectivity index (χ2v) is 8.61. The fourth-order valence-electron chi connectivity index (χ4n) is 4.51. The number of nitro groups is 1. The van der Waals surface area contributed by atoms with E-state index >= 15 is 0 Å². The zero-order valence-electron chi connectivity index (χ0n) is 15.4. The molecule has 1 aromatic heterocycles.